The number of hydrogen-bond acceptors (Lipinski definition) is 3. The fourth-order valence-corrected chi connectivity index (χ4v) is 2.37. The summed E-state index contributed by atoms with van der Waals surface area (Å²) in [5.74, 6) is -0.429. The Morgan fingerprint density at radius 3 is 2.62 bits per heavy atom. The molecule has 3 rings (SSSR count). The Morgan fingerprint density at radius 2 is 1.90 bits per heavy atom. The minimum Gasteiger partial charge on any atom is -0.507 e. The van der Waals surface area contributed by atoms with E-state index in [9.17, 15) is 9.90 Å². The highest BCUT2D eigenvalue weighted by atomic mass is 16.5. The molecule has 0 saturated carbocycles. The Balaban J connectivity index is 1.94. The van der Waals surface area contributed by atoms with Crippen LogP contribution in [0.5, 0.6) is 5.75 Å². The third kappa shape index (κ3) is 2.60. The van der Waals surface area contributed by atoms with Gasteiger partial charge in [0.2, 0.25) is 0 Å². The molecule has 4 heteroatoms. The lowest BCUT2D eigenvalue weighted by Gasteiger charge is -2.21. The predicted octanol–water partition coefficient (Wildman–Crippen LogP) is 3.29. The van der Waals surface area contributed by atoms with Crippen LogP contribution >= 0.6 is 0 Å². The zero-order valence-electron chi connectivity index (χ0n) is 11.2. The molecule has 2 aromatic carbocycles. The lowest BCUT2D eigenvalue weighted by atomic mass is 9.98. The molecule has 106 valence electrons. The van der Waals surface area contributed by atoms with Gasteiger partial charge in [-0.2, -0.15) is 0 Å². The molecule has 21 heavy (non-hydrogen) atoms. The molecular formula is C17H14O4. The summed E-state index contributed by atoms with van der Waals surface area (Å²) >= 11 is 0. The number of aliphatic hydroxyl groups excluding tert-OH is 1. The summed E-state index contributed by atoms with van der Waals surface area (Å²) in [7, 11) is 0. The number of carboxylic acids is 1. The minimum absolute atomic E-state index is 0.146. The summed E-state index contributed by atoms with van der Waals surface area (Å²) in [6, 6.07) is 14.3. The first kappa shape index (κ1) is 13.2. The van der Waals surface area contributed by atoms with Crippen LogP contribution in [0.3, 0.4) is 0 Å². The fourth-order valence-electron chi connectivity index (χ4n) is 2.37. The molecule has 1 aliphatic rings. The monoisotopic (exact) mass is 282 g/mol. The number of aromatic carboxylic acids is 1. The van der Waals surface area contributed by atoms with Crippen molar-refractivity contribution in [3.8, 4) is 5.75 Å². The van der Waals surface area contributed by atoms with Crippen molar-refractivity contribution < 1.29 is 19.7 Å². The van der Waals surface area contributed by atoms with E-state index in [0.29, 0.717) is 17.7 Å². The molecule has 0 fully saturated rings. The Labute approximate surface area is 121 Å². The van der Waals surface area contributed by atoms with E-state index >= 15 is 0 Å². The molecule has 0 amide bonds. The molecule has 0 spiro atoms. The summed E-state index contributed by atoms with van der Waals surface area (Å²) in [6.07, 6.45) is 0.604. The normalized spacial score (nSPS) is 13.5. The highest BCUT2D eigenvalue weighted by molar-refractivity contribution is 5.89. The Bertz CT molecular complexity index is 717. The van der Waals surface area contributed by atoms with Crippen molar-refractivity contribution in [3.05, 3.63) is 70.8 Å². The molecule has 1 heterocycles. The van der Waals surface area contributed by atoms with Gasteiger partial charge in [0.1, 0.15) is 18.1 Å². The number of fused-ring (bicyclic) bond motifs is 1. The SMILES string of the molecule is O=C(O)c1ccc2c(c1)OCC(Cc1ccccc1)=C2O. The third-order valence-corrected chi connectivity index (χ3v) is 3.48. The number of carboxylic acid groups (broad SMARTS) is 1. The number of aliphatic hydroxyl groups is 1. The predicted molar refractivity (Wildman–Crippen MR) is 78.6 cm³/mol. The Morgan fingerprint density at radius 1 is 1.14 bits per heavy atom. The minimum atomic E-state index is -1.01. The van der Waals surface area contributed by atoms with Crippen LogP contribution in [-0.4, -0.2) is 22.8 Å². The molecule has 4 nitrogen and oxygen atoms in total. The first-order chi connectivity index (χ1) is 10.1. The fraction of sp³-hybridized carbons (Fsp3) is 0.118. The van der Waals surface area contributed by atoms with Crippen molar-refractivity contribution in [1.29, 1.82) is 0 Å². The number of benzene rings is 2. The van der Waals surface area contributed by atoms with Crippen molar-refractivity contribution >= 4 is 11.7 Å². The van der Waals surface area contributed by atoms with Gasteiger partial charge in [0.15, 0.2) is 0 Å². The summed E-state index contributed by atoms with van der Waals surface area (Å²) < 4.78 is 5.59. The van der Waals surface area contributed by atoms with E-state index in [1.165, 1.54) is 12.1 Å². The van der Waals surface area contributed by atoms with E-state index in [-0.39, 0.29) is 17.9 Å². The van der Waals surface area contributed by atoms with Crippen LogP contribution in [0.4, 0.5) is 0 Å². The number of carbonyl (C=O) groups is 1. The second kappa shape index (κ2) is 5.32. The molecule has 1 aliphatic heterocycles. The third-order valence-electron chi connectivity index (χ3n) is 3.48. The van der Waals surface area contributed by atoms with E-state index in [2.05, 4.69) is 0 Å². The molecule has 0 saturated heterocycles. The van der Waals surface area contributed by atoms with E-state index in [1.807, 2.05) is 30.3 Å². The zero-order chi connectivity index (χ0) is 14.8. The van der Waals surface area contributed by atoms with Gasteiger partial charge in [-0.1, -0.05) is 30.3 Å². The lowest BCUT2D eigenvalue weighted by Crippen LogP contribution is -2.14. The number of rotatable bonds is 3. The van der Waals surface area contributed by atoms with Crippen molar-refractivity contribution in [1.82, 2.24) is 0 Å². The highest BCUT2D eigenvalue weighted by Gasteiger charge is 2.21. The largest absolute Gasteiger partial charge is 0.507 e. The van der Waals surface area contributed by atoms with Gasteiger partial charge >= 0.3 is 5.97 Å². The second-order valence-corrected chi connectivity index (χ2v) is 4.92. The van der Waals surface area contributed by atoms with Gasteiger partial charge in [-0.05, 0) is 23.8 Å². The highest BCUT2D eigenvalue weighted by Crippen LogP contribution is 2.33. The van der Waals surface area contributed by atoms with Gasteiger partial charge < -0.3 is 14.9 Å². The molecule has 2 aromatic rings. The van der Waals surface area contributed by atoms with Gasteiger partial charge in [0, 0.05) is 12.0 Å². The van der Waals surface area contributed by atoms with Crippen LogP contribution in [0.2, 0.25) is 0 Å². The van der Waals surface area contributed by atoms with Gasteiger partial charge in [0.25, 0.3) is 0 Å². The van der Waals surface area contributed by atoms with Crippen molar-refractivity contribution in [2.75, 3.05) is 6.61 Å². The van der Waals surface area contributed by atoms with E-state index < -0.39 is 5.97 Å². The first-order valence-corrected chi connectivity index (χ1v) is 6.60. The van der Waals surface area contributed by atoms with Gasteiger partial charge in [-0.15, -0.1) is 0 Å². The van der Waals surface area contributed by atoms with Crippen molar-refractivity contribution in [3.63, 3.8) is 0 Å². The molecule has 0 atom stereocenters. The van der Waals surface area contributed by atoms with Gasteiger partial charge in [-0.3, -0.25) is 0 Å². The average molecular weight is 282 g/mol. The molecular weight excluding hydrogens is 268 g/mol. The summed E-state index contributed by atoms with van der Waals surface area (Å²) in [5, 5.41) is 19.3. The van der Waals surface area contributed by atoms with Crippen molar-refractivity contribution in [2.45, 2.75) is 6.42 Å². The Hall–Kier alpha value is -2.75. The first-order valence-electron chi connectivity index (χ1n) is 6.60. The smallest absolute Gasteiger partial charge is 0.335 e. The van der Waals surface area contributed by atoms with Crippen LogP contribution in [-0.2, 0) is 6.42 Å². The lowest BCUT2D eigenvalue weighted by molar-refractivity contribution is 0.0696. The maximum atomic E-state index is 10.9. The van der Waals surface area contributed by atoms with Crippen molar-refractivity contribution in [2.24, 2.45) is 0 Å². The Kier molecular flexibility index (Phi) is 3.36. The molecule has 0 aromatic heterocycles. The van der Waals surface area contributed by atoms with Crippen LogP contribution in [0.25, 0.3) is 5.76 Å². The summed E-state index contributed by atoms with van der Waals surface area (Å²) in [5.41, 5.74) is 2.57. The van der Waals surface area contributed by atoms with E-state index in [4.69, 9.17) is 9.84 Å². The maximum Gasteiger partial charge on any atom is 0.335 e. The maximum absolute atomic E-state index is 10.9. The van der Waals surface area contributed by atoms with Gasteiger partial charge in [0.05, 0.1) is 11.1 Å². The quantitative estimate of drug-likeness (QED) is 0.906. The molecule has 2 N–H and O–H groups in total. The van der Waals surface area contributed by atoms with E-state index in [0.717, 1.165) is 11.1 Å². The molecule has 0 radical (unpaired) electrons. The number of hydrogen-bond donors (Lipinski definition) is 2. The van der Waals surface area contributed by atoms with E-state index in [1.54, 1.807) is 6.07 Å². The standard InChI is InChI=1S/C17H14O4/c18-16-13(8-11-4-2-1-3-5-11)10-21-15-9-12(17(19)20)6-7-14(15)16/h1-7,9,18H,8,10H2,(H,19,20). The topological polar surface area (TPSA) is 66.8 Å². The molecule has 0 bridgehead atoms. The van der Waals surface area contributed by atoms with Crippen LogP contribution < -0.4 is 4.74 Å². The zero-order valence-corrected chi connectivity index (χ0v) is 11.2. The number of ether oxygens (including phenoxy) is 1. The van der Waals surface area contributed by atoms with Crippen LogP contribution in [0, 0.1) is 0 Å². The second-order valence-electron chi connectivity index (χ2n) is 4.92. The van der Waals surface area contributed by atoms with Crippen LogP contribution in [0.15, 0.2) is 54.1 Å². The summed E-state index contributed by atoms with van der Waals surface area (Å²) in [6.45, 7) is 0.261. The average Bonchev–Trinajstić information content (AvgIpc) is 2.51. The summed E-state index contributed by atoms with van der Waals surface area (Å²) in [4.78, 5) is 10.9. The van der Waals surface area contributed by atoms with Crippen LogP contribution in [0.1, 0.15) is 21.5 Å². The molecule has 0 aliphatic carbocycles. The molecule has 0 unspecified atom stereocenters. The van der Waals surface area contributed by atoms with Gasteiger partial charge in [-0.25, -0.2) is 4.79 Å².